The summed E-state index contributed by atoms with van der Waals surface area (Å²) in [5.74, 6) is 2.39. The van der Waals surface area contributed by atoms with E-state index < -0.39 is 0 Å². The summed E-state index contributed by atoms with van der Waals surface area (Å²) in [7, 11) is 0. The molecule has 6 aliphatic rings. The van der Waals surface area contributed by atoms with Crippen LogP contribution in [0, 0.1) is 22.7 Å². The monoisotopic (exact) mass is 925 g/mol. The van der Waals surface area contributed by atoms with Gasteiger partial charge in [0.05, 0.1) is 10.8 Å². The van der Waals surface area contributed by atoms with Gasteiger partial charge < -0.3 is 20.5 Å². The first-order valence-electron chi connectivity index (χ1n) is 26.6. The summed E-state index contributed by atoms with van der Waals surface area (Å²) >= 11 is 0. The third kappa shape index (κ3) is 8.60. The van der Waals surface area contributed by atoms with Crippen molar-refractivity contribution in [1.82, 2.24) is 10.6 Å². The largest absolute Gasteiger partial charge is 0.508 e. The van der Waals surface area contributed by atoms with E-state index in [2.05, 4.69) is 148 Å². The Morgan fingerprint density at radius 3 is 1.43 bits per heavy atom. The van der Waals surface area contributed by atoms with Crippen molar-refractivity contribution in [2.24, 2.45) is 22.7 Å². The molecule has 69 heavy (non-hydrogen) atoms. The predicted molar refractivity (Wildman–Crippen MR) is 278 cm³/mol. The van der Waals surface area contributed by atoms with Crippen molar-refractivity contribution in [2.75, 3.05) is 13.1 Å². The van der Waals surface area contributed by atoms with Gasteiger partial charge in [-0.05, 0) is 163 Å². The first-order chi connectivity index (χ1) is 33.3. The SMILES string of the molecule is C[C@]1(C(=O)NCC2(c3ccccc3)CCC2)CCC[C@]2(C)c3cc(O)ccc3CC[C@@H]12.C[C@]1(C(=O)NCC2(c3ccccc3)CCC2)CCC[C@]2(C)c3cc(OCc4ccccc4)ccc3CC[C@@H]12. The number of carbonyl (C=O) groups is 2. The fraction of sp³-hybridized carbons (Fsp3) is 0.492. The van der Waals surface area contributed by atoms with E-state index in [0.29, 0.717) is 24.2 Å². The van der Waals surface area contributed by atoms with Gasteiger partial charge >= 0.3 is 0 Å². The van der Waals surface area contributed by atoms with Crippen LogP contribution in [0.4, 0.5) is 0 Å². The third-order valence-electron chi connectivity index (χ3n) is 19.5. The van der Waals surface area contributed by atoms with Crippen LogP contribution in [0.2, 0.25) is 0 Å². The number of phenols is 1. The number of nitrogens with one attached hydrogen (secondary N) is 2. The van der Waals surface area contributed by atoms with E-state index in [-0.39, 0.29) is 44.3 Å². The maximum Gasteiger partial charge on any atom is 0.226 e. The summed E-state index contributed by atoms with van der Waals surface area (Å²) in [4.78, 5) is 27.8. The van der Waals surface area contributed by atoms with E-state index >= 15 is 0 Å². The fourth-order valence-electron chi connectivity index (χ4n) is 15.1. The molecule has 5 aromatic carbocycles. The minimum Gasteiger partial charge on any atom is -0.508 e. The van der Waals surface area contributed by atoms with Crippen LogP contribution in [0.3, 0.4) is 0 Å². The molecule has 0 radical (unpaired) electrons. The van der Waals surface area contributed by atoms with Crippen LogP contribution >= 0.6 is 0 Å². The first-order valence-corrected chi connectivity index (χ1v) is 26.6. The molecule has 0 aliphatic heterocycles. The first kappa shape index (κ1) is 47.3. The molecule has 0 unspecified atom stereocenters. The summed E-state index contributed by atoms with van der Waals surface area (Å²) in [5, 5.41) is 17.1. The molecule has 362 valence electrons. The average Bonchev–Trinajstić information content (AvgIpc) is 3.34. The standard InChI is InChI=1S/C35H41NO2.C28H35NO2/c1-33-19-9-20-34(2,32(37)36-25-35(21-10-22-35)28-13-7-4-8-14-28)31(33)18-16-27-15-17-29(23-30(27)33)38-24-26-11-5-3-6-12-26;1-26-14-6-15-27(2,24(26)13-11-20-10-12-22(30)18-23(20)26)25(31)29-19-28(16-7-17-28)21-8-4-3-5-9-21/h3-8,11-15,17,23,31H,9-10,16,18-22,24-25H2,1-2H3,(H,36,37);3-5,8-10,12,18,24,30H,6-7,11,13-17,19H2,1-2H3,(H,29,31)/t31-,33-,34+;24-,26-,27+/m11/s1. The van der Waals surface area contributed by atoms with E-state index in [4.69, 9.17) is 4.74 Å². The number of rotatable bonds is 11. The lowest BCUT2D eigenvalue weighted by Gasteiger charge is -2.55. The zero-order chi connectivity index (χ0) is 47.9. The maximum atomic E-state index is 14.0. The molecule has 0 heterocycles. The summed E-state index contributed by atoms with van der Waals surface area (Å²) in [6, 6.07) is 44.4. The van der Waals surface area contributed by atoms with Gasteiger partial charge in [-0.15, -0.1) is 0 Å². The Hall–Kier alpha value is -5.36. The topological polar surface area (TPSA) is 87.7 Å². The quantitative estimate of drug-likeness (QED) is 0.123. The van der Waals surface area contributed by atoms with Crippen molar-refractivity contribution in [1.29, 1.82) is 0 Å². The highest BCUT2D eigenvalue weighted by molar-refractivity contribution is 5.84. The number of aryl methyl sites for hydroxylation is 2. The Bertz CT molecular complexity index is 2620. The lowest BCUT2D eigenvalue weighted by atomic mass is 9.49. The molecule has 6 aliphatic carbocycles. The summed E-state index contributed by atoms with van der Waals surface area (Å²) < 4.78 is 6.24. The second-order valence-corrected chi connectivity index (χ2v) is 23.4. The van der Waals surface area contributed by atoms with Crippen LogP contribution in [-0.2, 0) is 50.7 Å². The number of fused-ring (bicyclic) bond motifs is 6. The van der Waals surface area contributed by atoms with Gasteiger partial charge in [0.15, 0.2) is 0 Å². The van der Waals surface area contributed by atoms with E-state index in [1.165, 1.54) is 51.8 Å². The van der Waals surface area contributed by atoms with Crippen molar-refractivity contribution >= 4 is 11.8 Å². The van der Waals surface area contributed by atoms with Gasteiger partial charge in [-0.25, -0.2) is 0 Å². The number of benzene rings is 5. The van der Waals surface area contributed by atoms with Crippen molar-refractivity contribution in [3.8, 4) is 11.5 Å². The predicted octanol–water partition coefficient (Wildman–Crippen LogP) is 13.2. The van der Waals surface area contributed by atoms with Crippen LogP contribution in [0.15, 0.2) is 127 Å². The van der Waals surface area contributed by atoms with Crippen LogP contribution in [0.1, 0.15) is 157 Å². The van der Waals surface area contributed by atoms with E-state index in [1.54, 1.807) is 6.07 Å². The van der Waals surface area contributed by atoms with Gasteiger partial charge in [-0.2, -0.15) is 0 Å². The minimum absolute atomic E-state index is 0.0162. The Balaban J connectivity index is 0.000000164. The number of phenolic OH excluding ortho intramolecular Hbond substituents is 1. The Labute approximate surface area is 412 Å². The van der Waals surface area contributed by atoms with Crippen LogP contribution in [0.5, 0.6) is 11.5 Å². The number of ether oxygens (including phenoxy) is 1. The smallest absolute Gasteiger partial charge is 0.226 e. The van der Waals surface area contributed by atoms with Crippen LogP contribution < -0.4 is 15.4 Å². The van der Waals surface area contributed by atoms with Crippen molar-refractivity contribution in [2.45, 2.75) is 159 Å². The van der Waals surface area contributed by atoms with E-state index in [9.17, 15) is 14.7 Å². The van der Waals surface area contributed by atoms with Gasteiger partial charge in [-0.1, -0.05) is 157 Å². The highest BCUT2D eigenvalue weighted by Crippen LogP contribution is 2.59. The number of hydrogen-bond acceptors (Lipinski definition) is 4. The molecule has 0 saturated heterocycles. The Morgan fingerprint density at radius 1 is 0.536 bits per heavy atom. The minimum atomic E-state index is -0.363. The van der Waals surface area contributed by atoms with Crippen molar-refractivity contribution in [3.05, 3.63) is 166 Å². The molecule has 6 nitrogen and oxygen atoms in total. The van der Waals surface area contributed by atoms with Gasteiger partial charge in [-0.3, -0.25) is 9.59 Å². The summed E-state index contributed by atoms with van der Waals surface area (Å²) in [6.07, 6.45) is 17.5. The van der Waals surface area contributed by atoms with E-state index in [0.717, 1.165) is 109 Å². The van der Waals surface area contributed by atoms with Crippen molar-refractivity contribution in [3.63, 3.8) is 0 Å². The second-order valence-electron chi connectivity index (χ2n) is 23.4. The molecule has 4 fully saturated rings. The van der Waals surface area contributed by atoms with Gasteiger partial charge in [0.1, 0.15) is 18.1 Å². The average molecular weight is 925 g/mol. The van der Waals surface area contributed by atoms with Gasteiger partial charge in [0.25, 0.3) is 0 Å². The zero-order valence-corrected chi connectivity index (χ0v) is 41.9. The number of aromatic hydroxyl groups is 1. The summed E-state index contributed by atoms with van der Waals surface area (Å²) in [6.45, 7) is 11.3. The highest BCUT2D eigenvalue weighted by Gasteiger charge is 2.57. The Morgan fingerprint density at radius 2 is 0.971 bits per heavy atom. The summed E-state index contributed by atoms with van der Waals surface area (Å²) in [5.41, 5.74) is 8.79. The number of carbonyl (C=O) groups excluding carboxylic acids is 2. The highest BCUT2D eigenvalue weighted by atomic mass is 16.5. The molecule has 3 N–H and O–H groups in total. The second kappa shape index (κ2) is 18.8. The van der Waals surface area contributed by atoms with Crippen molar-refractivity contribution < 1.29 is 19.4 Å². The molecule has 5 aromatic rings. The molecule has 0 bridgehead atoms. The number of hydrogen-bond donors (Lipinski definition) is 3. The third-order valence-corrected chi connectivity index (χ3v) is 19.5. The molecule has 11 rings (SSSR count). The van der Waals surface area contributed by atoms with Crippen LogP contribution in [-0.4, -0.2) is 30.0 Å². The maximum absolute atomic E-state index is 14.0. The fourth-order valence-corrected chi connectivity index (χ4v) is 15.1. The Kier molecular flexibility index (Phi) is 12.9. The molecule has 6 atom stereocenters. The zero-order valence-electron chi connectivity index (χ0n) is 41.9. The molecule has 4 saturated carbocycles. The lowest BCUT2D eigenvalue weighted by Crippen LogP contribution is -2.57. The van der Waals surface area contributed by atoms with Crippen LogP contribution in [0.25, 0.3) is 0 Å². The van der Waals surface area contributed by atoms with E-state index in [1.807, 2.05) is 12.1 Å². The molecule has 6 heteroatoms. The molecule has 2 amide bonds. The molecular weight excluding hydrogens is 849 g/mol. The lowest BCUT2D eigenvalue weighted by molar-refractivity contribution is -0.140. The number of amides is 2. The molecule has 0 spiro atoms. The molecular formula is C63H76N2O4. The van der Waals surface area contributed by atoms with Gasteiger partial charge in [0, 0.05) is 23.9 Å². The molecule has 0 aromatic heterocycles. The van der Waals surface area contributed by atoms with Gasteiger partial charge in [0.2, 0.25) is 11.8 Å². The normalized spacial score (nSPS) is 29.0.